The third kappa shape index (κ3) is 2.91. The van der Waals surface area contributed by atoms with Gasteiger partial charge in [-0.25, -0.2) is 9.78 Å². The first-order valence-electron chi connectivity index (χ1n) is 7.78. The summed E-state index contributed by atoms with van der Waals surface area (Å²) in [5.74, 6) is -0.593. The second kappa shape index (κ2) is 6.17. The second-order valence-electron chi connectivity index (χ2n) is 5.59. The van der Waals surface area contributed by atoms with Crippen LogP contribution in [0.3, 0.4) is 0 Å². The number of pyridine rings is 1. The fraction of sp³-hybridized carbons (Fsp3) is 0. The van der Waals surface area contributed by atoms with Crippen molar-refractivity contribution in [2.24, 2.45) is 0 Å². The van der Waals surface area contributed by atoms with Crippen molar-refractivity contribution in [2.45, 2.75) is 0 Å². The standard InChI is InChI=1S/C18H13N5O3/c24-16-9-13(21-18(26)22-16)17(25)20-12-6-2-1-5-11(12)14-10-23-8-4-3-7-15(23)19-14/h1-10H,(H,20,25)(H2,21,22,24,26). The molecule has 0 unspecified atom stereocenters. The number of benzene rings is 1. The van der Waals surface area contributed by atoms with E-state index in [-0.39, 0.29) is 5.69 Å². The van der Waals surface area contributed by atoms with Crippen molar-refractivity contribution >= 4 is 17.2 Å². The van der Waals surface area contributed by atoms with Crippen molar-refractivity contribution in [3.8, 4) is 11.3 Å². The van der Waals surface area contributed by atoms with Gasteiger partial charge in [-0.2, -0.15) is 0 Å². The summed E-state index contributed by atoms with van der Waals surface area (Å²) >= 11 is 0. The first-order valence-corrected chi connectivity index (χ1v) is 7.78. The number of nitrogens with zero attached hydrogens (tertiary/aromatic N) is 2. The smallest absolute Gasteiger partial charge is 0.320 e. The van der Waals surface area contributed by atoms with Gasteiger partial charge in [0.15, 0.2) is 0 Å². The molecule has 0 aliphatic carbocycles. The summed E-state index contributed by atoms with van der Waals surface area (Å²) in [5, 5.41) is 2.71. The Hall–Kier alpha value is -3.94. The molecule has 26 heavy (non-hydrogen) atoms. The number of para-hydroxylation sites is 1. The minimum atomic E-state index is -0.740. The highest BCUT2D eigenvalue weighted by Gasteiger charge is 2.13. The van der Waals surface area contributed by atoms with E-state index >= 15 is 0 Å². The maximum atomic E-state index is 12.4. The highest BCUT2D eigenvalue weighted by Crippen LogP contribution is 2.27. The number of hydrogen-bond acceptors (Lipinski definition) is 4. The van der Waals surface area contributed by atoms with E-state index in [1.165, 1.54) is 0 Å². The quantitative estimate of drug-likeness (QED) is 0.523. The Morgan fingerprint density at radius 1 is 1.04 bits per heavy atom. The Labute approximate surface area is 146 Å². The molecule has 4 rings (SSSR count). The van der Waals surface area contributed by atoms with Crippen LogP contribution >= 0.6 is 0 Å². The van der Waals surface area contributed by atoms with Crippen LogP contribution in [0, 0.1) is 0 Å². The molecule has 0 atom stereocenters. The minimum absolute atomic E-state index is 0.122. The third-order valence-corrected chi connectivity index (χ3v) is 3.82. The van der Waals surface area contributed by atoms with Gasteiger partial charge in [-0.05, 0) is 18.2 Å². The number of carbonyl (C=O) groups is 1. The zero-order valence-corrected chi connectivity index (χ0v) is 13.4. The van der Waals surface area contributed by atoms with Crippen molar-refractivity contribution in [3.63, 3.8) is 0 Å². The predicted octanol–water partition coefficient (Wildman–Crippen LogP) is 1.63. The van der Waals surface area contributed by atoms with Crippen molar-refractivity contribution in [2.75, 3.05) is 5.32 Å². The lowest BCUT2D eigenvalue weighted by Crippen LogP contribution is -2.27. The Bertz CT molecular complexity index is 1170. The zero-order valence-electron chi connectivity index (χ0n) is 13.4. The molecular weight excluding hydrogens is 334 g/mol. The van der Waals surface area contributed by atoms with Crippen LogP contribution in [-0.2, 0) is 0 Å². The SMILES string of the molecule is O=C(Nc1ccccc1-c1cn2ccccc2n1)c1cc(=O)[nH]c(=O)[nH]1. The molecule has 0 aliphatic heterocycles. The van der Waals surface area contributed by atoms with Crippen LogP contribution in [0.2, 0.25) is 0 Å². The summed E-state index contributed by atoms with van der Waals surface area (Å²) in [6, 6.07) is 13.9. The van der Waals surface area contributed by atoms with Gasteiger partial charge in [0.1, 0.15) is 11.3 Å². The van der Waals surface area contributed by atoms with Gasteiger partial charge >= 0.3 is 5.69 Å². The molecule has 0 saturated carbocycles. The average Bonchev–Trinajstić information content (AvgIpc) is 3.05. The lowest BCUT2D eigenvalue weighted by molar-refractivity contribution is 0.102. The number of nitrogens with one attached hydrogen (secondary N) is 3. The molecule has 8 nitrogen and oxygen atoms in total. The summed E-state index contributed by atoms with van der Waals surface area (Å²) in [6.45, 7) is 0. The van der Waals surface area contributed by atoms with E-state index < -0.39 is 17.2 Å². The molecule has 1 aromatic carbocycles. The number of fused-ring (bicyclic) bond motifs is 1. The van der Waals surface area contributed by atoms with Crippen molar-refractivity contribution in [1.82, 2.24) is 19.4 Å². The molecule has 0 bridgehead atoms. The van der Waals surface area contributed by atoms with Crippen LogP contribution in [-0.4, -0.2) is 25.3 Å². The van der Waals surface area contributed by atoms with E-state index in [1.54, 1.807) is 12.1 Å². The lowest BCUT2D eigenvalue weighted by atomic mass is 10.1. The van der Waals surface area contributed by atoms with Gasteiger partial charge in [0, 0.05) is 24.0 Å². The first-order chi connectivity index (χ1) is 12.6. The number of anilines is 1. The number of aromatic amines is 2. The van der Waals surface area contributed by atoms with Crippen LogP contribution < -0.4 is 16.6 Å². The molecule has 0 spiro atoms. The molecule has 0 radical (unpaired) electrons. The fourth-order valence-corrected chi connectivity index (χ4v) is 2.66. The van der Waals surface area contributed by atoms with Gasteiger partial charge in [-0.1, -0.05) is 24.3 Å². The largest absolute Gasteiger partial charge is 0.326 e. The molecule has 3 heterocycles. The minimum Gasteiger partial charge on any atom is -0.320 e. The zero-order chi connectivity index (χ0) is 18.1. The van der Waals surface area contributed by atoms with Gasteiger partial charge in [0.25, 0.3) is 11.5 Å². The summed E-state index contributed by atoms with van der Waals surface area (Å²) < 4.78 is 1.88. The molecule has 3 aromatic heterocycles. The maximum Gasteiger partial charge on any atom is 0.326 e. The number of aromatic nitrogens is 4. The second-order valence-corrected chi connectivity index (χ2v) is 5.59. The predicted molar refractivity (Wildman–Crippen MR) is 96.3 cm³/mol. The van der Waals surface area contributed by atoms with Crippen LogP contribution in [0.5, 0.6) is 0 Å². The van der Waals surface area contributed by atoms with Gasteiger partial charge in [-0.15, -0.1) is 0 Å². The van der Waals surface area contributed by atoms with E-state index in [0.29, 0.717) is 11.4 Å². The highest BCUT2D eigenvalue weighted by atomic mass is 16.2. The molecule has 8 heteroatoms. The monoisotopic (exact) mass is 347 g/mol. The molecule has 1 amide bonds. The normalized spacial score (nSPS) is 10.8. The Morgan fingerprint density at radius 3 is 2.65 bits per heavy atom. The van der Waals surface area contributed by atoms with Crippen molar-refractivity contribution in [3.05, 3.63) is 87.5 Å². The van der Waals surface area contributed by atoms with Crippen LogP contribution in [0.15, 0.2) is 70.5 Å². The van der Waals surface area contributed by atoms with Gasteiger partial charge in [0.2, 0.25) is 0 Å². The van der Waals surface area contributed by atoms with E-state index in [2.05, 4.69) is 15.3 Å². The summed E-state index contributed by atoms with van der Waals surface area (Å²) in [7, 11) is 0. The number of amides is 1. The highest BCUT2D eigenvalue weighted by molar-refractivity contribution is 6.04. The van der Waals surface area contributed by atoms with E-state index in [0.717, 1.165) is 17.3 Å². The molecule has 0 aliphatic rings. The summed E-state index contributed by atoms with van der Waals surface area (Å²) in [4.78, 5) is 44.0. The van der Waals surface area contributed by atoms with E-state index in [1.807, 2.05) is 52.1 Å². The van der Waals surface area contributed by atoms with Crippen LogP contribution in [0.4, 0.5) is 5.69 Å². The molecule has 4 aromatic rings. The third-order valence-electron chi connectivity index (χ3n) is 3.82. The van der Waals surface area contributed by atoms with Crippen molar-refractivity contribution in [1.29, 1.82) is 0 Å². The maximum absolute atomic E-state index is 12.4. The van der Waals surface area contributed by atoms with E-state index in [4.69, 9.17) is 0 Å². The number of carbonyl (C=O) groups excluding carboxylic acids is 1. The van der Waals surface area contributed by atoms with Gasteiger partial charge in [-0.3, -0.25) is 14.6 Å². The average molecular weight is 347 g/mol. The topological polar surface area (TPSA) is 112 Å². The molecule has 128 valence electrons. The lowest BCUT2D eigenvalue weighted by Gasteiger charge is -2.09. The number of H-pyrrole nitrogens is 2. The van der Waals surface area contributed by atoms with E-state index in [9.17, 15) is 14.4 Å². The number of hydrogen-bond donors (Lipinski definition) is 3. The van der Waals surface area contributed by atoms with Gasteiger partial charge in [0.05, 0.1) is 11.4 Å². The number of imidazole rings is 1. The summed E-state index contributed by atoms with van der Waals surface area (Å²) in [5.41, 5.74) is 1.19. The van der Waals surface area contributed by atoms with Crippen LogP contribution in [0.25, 0.3) is 16.9 Å². The molecule has 0 saturated heterocycles. The summed E-state index contributed by atoms with van der Waals surface area (Å²) in [6.07, 6.45) is 3.74. The first kappa shape index (κ1) is 15.6. The molecular formula is C18H13N5O3. The molecule has 0 fully saturated rings. The van der Waals surface area contributed by atoms with Gasteiger partial charge < -0.3 is 14.7 Å². The van der Waals surface area contributed by atoms with Crippen LogP contribution in [0.1, 0.15) is 10.5 Å². The van der Waals surface area contributed by atoms with Crippen molar-refractivity contribution < 1.29 is 4.79 Å². The Kier molecular flexibility index (Phi) is 3.70. The Morgan fingerprint density at radius 2 is 1.85 bits per heavy atom. The fourth-order valence-electron chi connectivity index (χ4n) is 2.66. The molecule has 3 N–H and O–H groups in total. The number of rotatable bonds is 3. The Balaban J connectivity index is 1.73.